The highest BCUT2D eigenvalue weighted by Crippen LogP contribution is 2.28. The lowest BCUT2D eigenvalue weighted by Crippen LogP contribution is -2.04. The first-order valence-electron chi connectivity index (χ1n) is 5.79. The van der Waals surface area contributed by atoms with Crippen molar-refractivity contribution in [2.45, 2.75) is 17.6 Å². The van der Waals surface area contributed by atoms with Crippen molar-refractivity contribution in [2.24, 2.45) is 0 Å². The van der Waals surface area contributed by atoms with Gasteiger partial charge in [-0.15, -0.1) is 0 Å². The summed E-state index contributed by atoms with van der Waals surface area (Å²) in [6.45, 7) is 1.96. The van der Waals surface area contributed by atoms with E-state index in [0.717, 1.165) is 11.1 Å². The quantitative estimate of drug-likeness (QED) is 0.726. The number of carbonyl (C=O) groups is 1. The van der Waals surface area contributed by atoms with Gasteiger partial charge in [-0.05, 0) is 30.2 Å². The maximum absolute atomic E-state index is 12.5. The highest BCUT2D eigenvalue weighted by Gasteiger charge is 2.25. The Hall–Kier alpha value is -1.74. The van der Waals surface area contributed by atoms with Crippen molar-refractivity contribution in [1.29, 1.82) is 0 Å². The molecule has 1 aliphatic rings. The van der Waals surface area contributed by atoms with Crippen molar-refractivity contribution in [3.05, 3.63) is 64.7 Å². The standard InChI is InChI=1S/C15H12O2S/c1-10-5-4-7-11-13(10)9-18(17)14-8-3-2-6-12(14)15(11)16/h2-8H,9H2,1H3. The fourth-order valence-electron chi connectivity index (χ4n) is 2.31. The summed E-state index contributed by atoms with van der Waals surface area (Å²) in [6, 6.07) is 12.8. The number of rotatable bonds is 0. The maximum atomic E-state index is 12.5. The van der Waals surface area contributed by atoms with Crippen molar-refractivity contribution in [2.75, 3.05) is 0 Å². The van der Waals surface area contributed by atoms with Gasteiger partial charge in [0, 0.05) is 11.1 Å². The average Bonchev–Trinajstić information content (AvgIpc) is 2.49. The minimum atomic E-state index is -1.15. The third kappa shape index (κ3) is 1.63. The van der Waals surface area contributed by atoms with Crippen molar-refractivity contribution in [3.63, 3.8) is 0 Å². The van der Waals surface area contributed by atoms with Crippen LogP contribution < -0.4 is 0 Å². The molecule has 2 aromatic rings. The summed E-state index contributed by atoms with van der Waals surface area (Å²) in [6.07, 6.45) is 0. The Kier molecular flexibility index (Phi) is 2.63. The molecule has 1 aliphatic heterocycles. The molecule has 2 aromatic carbocycles. The fourth-order valence-corrected chi connectivity index (χ4v) is 3.75. The second kappa shape index (κ2) is 4.18. The molecular formula is C15H12O2S. The van der Waals surface area contributed by atoms with Gasteiger partial charge < -0.3 is 0 Å². The van der Waals surface area contributed by atoms with E-state index in [1.54, 1.807) is 12.1 Å². The highest BCUT2D eigenvalue weighted by atomic mass is 32.2. The Morgan fingerprint density at radius 1 is 1.00 bits per heavy atom. The molecule has 0 saturated carbocycles. The number of carbonyl (C=O) groups excluding carboxylic acids is 1. The van der Waals surface area contributed by atoms with Gasteiger partial charge in [-0.2, -0.15) is 0 Å². The van der Waals surface area contributed by atoms with E-state index >= 15 is 0 Å². The number of benzene rings is 2. The molecule has 18 heavy (non-hydrogen) atoms. The van der Waals surface area contributed by atoms with E-state index < -0.39 is 10.8 Å². The predicted molar refractivity (Wildman–Crippen MR) is 71.2 cm³/mol. The second-order valence-electron chi connectivity index (χ2n) is 4.42. The zero-order chi connectivity index (χ0) is 12.7. The Morgan fingerprint density at radius 2 is 1.72 bits per heavy atom. The van der Waals surface area contributed by atoms with Gasteiger partial charge in [0.25, 0.3) is 0 Å². The number of hydrogen-bond donors (Lipinski definition) is 0. The second-order valence-corrected chi connectivity index (χ2v) is 5.84. The molecule has 0 bridgehead atoms. The van der Waals surface area contributed by atoms with Crippen LogP contribution in [-0.4, -0.2) is 9.99 Å². The third-order valence-corrected chi connectivity index (χ3v) is 4.70. The molecule has 0 saturated heterocycles. The first-order valence-corrected chi connectivity index (χ1v) is 7.11. The molecule has 0 radical (unpaired) electrons. The fraction of sp³-hybridized carbons (Fsp3) is 0.133. The summed E-state index contributed by atoms with van der Waals surface area (Å²) in [5.41, 5.74) is 3.20. The molecular weight excluding hydrogens is 244 g/mol. The summed E-state index contributed by atoms with van der Waals surface area (Å²) < 4.78 is 12.3. The van der Waals surface area contributed by atoms with Crippen LogP contribution in [0.15, 0.2) is 47.4 Å². The maximum Gasteiger partial charge on any atom is 0.194 e. The van der Waals surface area contributed by atoms with Crippen LogP contribution in [0.1, 0.15) is 27.0 Å². The van der Waals surface area contributed by atoms with E-state index in [1.807, 2.05) is 37.3 Å². The Labute approximate surface area is 108 Å². The van der Waals surface area contributed by atoms with E-state index in [9.17, 15) is 9.00 Å². The SMILES string of the molecule is Cc1cccc2c1CS(=O)c1ccccc1C2=O. The molecule has 2 nitrogen and oxygen atoms in total. The van der Waals surface area contributed by atoms with Gasteiger partial charge in [-0.25, -0.2) is 0 Å². The van der Waals surface area contributed by atoms with Crippen LogP contribution in [0.5, 0.6) is 0 Å². The van der Waals surface area contributed by atoms with E-state index in [2.05, 4.69) is 0 Å². The first kappa shape index (κ1) is 11.4. The molecule has 1 unspecified atom stereocenters. The van der Waals surface area contributed by atoms with Crippen LogP contribution in [-0.2, 0) is 16.6 Å². The van der Waals surface area contributed by atoms with E-state index in [0.29, 0.717) is 21.8 Å². The predicted octanol–water partition coefficient (Wildman–Crippen LogP) is 2.85. The Bertz CT molecular complexity index is 674. The van der Waals surface area contributed by atoms with Crippen LogP contribution in [0.3, 0.4) is 0 Å². The van der Waals surface area contributed by atoms with E-state index in [-0.39, 0.29) is 5.78 Å². The molecule has 0 fully saturated rings. The van der Waals surface area contributed by atoms with Gasteiger partial charge in [-0.1, -0.05) is 30.3 Å². The van der Waals surface area contributed by atoms with Crippen molar-refractivity contribution < 1.29 is 9.00 Å². The van der Waals surface area contributed by atoms with Crippen LogP contribution in [0.4, 0.5) is 0 Å². The lowest BCUT2D eigenvalue weighted by molar-refractivity contribution is 0.103. The normalized spacial score (nSPS) is 17.8. The number of fused-ring (bicyclic) bond motifs is 2. The molecule has 0 spiro atoms. The minimum absolute atomic E-state index is 0.0184. The highest BCUT2D eigenvalue weighted by molar-refractivity contribution is 7.84. The van der Waals surface area contributed by atoms with Crippen LogP contribution in [0, 0.1) is 6.92 Å². The summed E-state index contributed by atoms with van der Waals surface area (Å²) in [4.78, 5) is 13.1. The monoisotopic (exact) mass is 256 g/mol. The molecule has 0 amide bonds. The van der Waals surface area contributed by atoms with Gasteiger partial charge in [-0.3, -0.25) is 9.00 Å². The first-order chi connectivity index (χ1) is 8.68. The molecule has 3 rings (SSSR count). The average molecular weight is 256 g/mol. The molecule has 0 aromatic heterocycles. The van der Waals surface area contributed by atoms with Crippen LogP contribution in [0.2, 0.25) is 0 Å². The van der Waals surface area contributed by atoms with E-state index in [4.69, 9.17) is 0 Å². The van der Waals surface area contributed by atoms with Gasteiger partial charge >= 0.3 is 0 Å². The molecule has 90 valence electrons. The van der Waals surface area contributed by atoms with Gasteiger partial charge in [0.1, 0.15) is 0 Å². The smallest absolute Gasteiger partial charge is 0.194 e. The molecule has 3 heteroatoms. The Balaban J connectivity index is 2.32. The molecule has 1 atom stereocenters. The lowest BCUT2D eigenvalue weighted by atomic mass is 9.96. The van der Waals surface area contributed by atoms with Crippen LogP contribution >= 0.6 is 0 Å². The summed E-state index contributed by atoms with van der Waals surface area (Å²) >= 11 is 0. The topological polar surface area (TPSA) is 34.1 Å². The van der Waals surface area contributed by atoms with Crippen molar-refractivity contribution >= 4 is 16.6 Å². The lowest BCUT2D eigenvalue weighted by Gasteiger charge is -2.06. The van der Waals surface area contributed by atoms with Gasteiger partial charge in [0.2, 0.25) is 0 Å². The number of hydrogen-bond acceptors (Lipinski definition) is 2. The zero-order valence-corrected chi connectivity index (χ0v) is 10.8. The van der Waals surface area contributed by atoms with Gasteiger partial charge in [0.05, 0.1) is 21.4 Å². The third-order valence-electron chi connectivity index (χ3n) is 3.31. The number of ketones is 1. The number of aryl methyl sites for hydroxylation is 1. The molecule has 1 heterocycles. The summed E-state index contributed by atoms with van der Waals surface area (Å²) in [7, 11) is -1.15. The van der Waals surface area contributed by atoms with Gasteiger partial charge in [0.15, 0.2) is 5.78 Å². The van der Waals surface area contributed by atoms with Crippen LogP contribution in [0.25, 0.3) is 0 Å². The van der Waals surface area contributed by atoms with Crippen molar-refractivity contribution in [1.82, 2.24) is 0 Å². The zero-order valence-electron chi connectivity index (χ0n) is 9.97. The van der Waals surface area contributed by atoms with E-state index in [1.165, 1.54) is 0 Å². The summed E-state index contributed by atoms with van der Waals surface area (Å²) in [5.74, 6) is 0.403. The Morgan fingerprint density at radius 3 is 2.56 bits per heavy atom. The van der Waals surface area contributed by atoms with Crippen molar-refractivity contribution in [3.8, 4) is 0 Å². The summed E-state index contributed by atoms with van der Waals surface area (Å²) in [5, 5.41) is 0. The largest absolute Gasteiger partial charge is 0.289 e. The molecule has 0 N–H and O–H groups in total. The molecule has 0 aliphatic carbocycles. The minimum Gasteiger partial charge on any atom is -0.289 e.